The molecule has 1 atom stereocenters. The van der Waals surface area contributed by atoms with E-state index in [4.69, 9.17) is 0 Å². The van der Waals surface area contributed by atoms with Crippen LogP contribution in [0, 0.1) is 6.92 Å². The van der Waals surface area contributed by atoms with E-state index in [0.29, 0.717) is 43.7 Å². The van der Waals surface area contributed by atoms with Gasteiger partial charge in [0.1, 0.15) is 6.04 Å². The van der Waals surface area contributed by atoms with Crippen LogP contribution in [0.1, 0.15) is 32.3 Å². The van der Waals surface area contributed by atoms with Gasteiger partial charge in [-0.15, -0.1) is 0 Å². The van der Waals surface area contributed by atoms with Crippen LogP contribution in [0.2, 0.25) is 0 Å². The number of hydrogen-bond donors (Lipinski definition) is 1. The average molecular weight is 418 g/mol. The smallest absolute Gasteiger partial charge is 0.243 e. The maximum absolute atomic E-state index is 12.8. The van der Waals surface area contributed by atoms with E-state index < -0.39 is 32.0 Å². The number of amides is 1. The predicted molar refractivity (Wildman–Crippen MR) is 104 cm³/mol. The van der Waals surface area contributed by atoms with Gasteiger partial charge >= 0.3 is 0 Å². The molecule has 2 rings (SSSR count). The van der Waals surface area contributed by atoms with E-state index in [9.17, 15) is 21.6 Å². The number of anilines is 1. The van der Waals surface area contributed by atoms with E-state index in [1.807, 2.05) is 0 Å². The van der Waals surface area contributed by atoms with Crippen LogP contribution in [0.25, 0.3) is 0 Å². The Morgan fingerprint density at radius 3 is 2.41 bits per heavy atom. The Kier molecular flexibility index (Phi) is 6.67. The first-order chi connectivity index (χ1) is 12.5. The lowest BCUT2D eigenvalue weighted by Crippen LogP contribution is -2.42. The molecular formula is C17H27N3O5S2. The molecule has 1 amide bonds. The Bertz CT molecular complexity index is 908. The molecule has 0 bridgehead atoms. The molecule has 10 heteroatoms. The molecule has 1 heterocycles. The van der Waals surface area contributed by atoms with Gasteiger partial charge in [0.15, 0.2) is 0 Å². The number of aryl methyl sites for hydroxylation is 1. The zero-order valence-corrected chi connectivity index (χ0v) is 17.7. The number of rotatable bonds is 7. The number of nitrogens with zero attached hydrogens (tertiary/aromatic N) is 2. The van der Waals surface area contributed by atoms with Gasteiger partial charge in [-0.1, -0.05) is 19.9 Å². The summed E-state index contributed by atoms with van der Waals surface area (Å²) in [5.74, 6) is -0.451. The van der Waals surface area contributed by atoms with Crippen LogP contribution in [-0.4, -0.2) is 63.3 Å². The van der Waals surface area contributed by atoms with Gasteiger partial charge in [0, 0.05) is 25.3 Å². The third kappa shape index (κ3) is 4.68. The van der Waals surface area contributed by atoms with Crippen molar-refractivity contribution >= 4 is 31.6 Å². The summed E-state index contributed by atoms with van der Waals surface area (Å²) in [4.78, 5) is 12.7. The minimum absolute atomic E-state index is 0.135. The number of benzene rings is 1. The van der Waals surface area contributed by atoms with Gasteiger partial charge < -0.3 is 5.32 Å². The van der Waals surface area contributed by atoms with Crippen molar-refractivity contribution < 1.29 is 21.6 Å². The van der Waals surface area contributed by atoms with Gasteiger partial charge in [-0.05, 0) is 37.5 Å². The van der Waals surface area contributed by atoms with Gasteiger partial charge in [-0.3, -0.25) is 4.79 Å². The quantitative estimate of drug-likeness (QED) is 0.722. The fraction of sp³-hybridized carbons (Fsp3) is 0.588. The summed E-state index contributed by atoms with van der Waals surface area (Å²) in [6.45, 7) is 6.24. The maximum atomic E-state index is 12.8. The first-order valence-corrected chi connectivity index (χ1v) is 12.2. The normalized spacial score (nSPS) is 18.8. The SMILES string of the molecule is CCN(CC)S(=O)(=O)c1cc(NC(=O)C2CCCN2S(C)(=O)=O)ccc1C. The fourth-order valence-corrected chi connectivity index (χ4v) is 6.12. The topological polar surface area (TPSA) is 104 Å². The predicted octanol–water partition coefficient (Wildman–Crippen LogP) is 1.39. The van der Waals surface area contributed by atoms with E-state index in [1.54, 1.807) is 32.9 Å². The Hall–Kier alpha value is -1.49. The second kappa shape index (κ2) is 8.26. The molecule has 1 N–H and O–H groups in total. The van der Waals surface area contributed by atoms with Gasteiger partial charge in [0.25, 0.3) is 0 Å². The third-order valence-corrected chi connectivity index (χ3v) is 8.19. The zero-order chi connectivity index (χ0) is 20.4. The van der Waals surface area contributed by atoms with Gasteiger partial charge in [-0.25, -0.2) is 16.8 Å². The lowest BCUT2D eigenvalue weighted by Gasteiger charge is -2.22. The number of hydrogen-bond acceptors (Lipinski definition) is 5. The van der Waals surface area contributed by atoms with Crippen LogP contribution in [-0.2, 0) is 24.8 Å². The molecule has 1 aromatic carbocycles. The number of carbonyl (C=O) groups is 1. The lowest BCUT2D eigenvalue weighted by atomic mass is 10.2. The highest BCUT2D eigenvalue weighted by Gasteiger charge is 2.36. The fourth-order valence-electron chi connectivity index (χ4n) is 3.28. The van der Waals surface area contributed by atoms with E-state index in [1.165, 1.54) is 14.7 Å². The summed E-state index contributed by atoms with van der Waals surface area (Å²) in [5, 5.41) is 2.67. The van der Waals surface area contributed by atoms with Crippen molar-refractivity contribution in [2.24, 2.45) is 0 Å². The summed E-state index contributed by atoms with van der Waals surface area (Å²) >= 11 is 0. The molecule has 1 aromatic rings. The third-order valence-electron chi connectivity index (χ3n) is 4.71. The Labute approximate surface area is 161 Å². The number of nitrogens with one attached hydrogen (secondary N) is 1. The van der Waals surface area contributed by atoms with E-state index in [-0.39, 0.29) is 4.90 Å². The van der Waals surface area contributed by atoms with Gasteiger partial charge in [0.05, 0.1) is 11.2 Å². The highest BCUT2D eigenvalue weighted by atomic mass is 32.2. The minimum atomic E-state index is -3.67. The summed E-state index contributed by atoms with van der Waals surface area (Å²) in [6.07, 6.45) is 2.13. The lowest BCUT2D eigenvalue weighted by molar-refractivity contribution is -0.119. The van der Waals surface area contributed by atoms with Crippen molar-refractivity contribution in [3.63, 3.8) is 0 Å². The molecule has 1 fully saturated rings. The van der Waals surface area contributed by atoms with Crippen molar-refractivity contribution in [3.8, 4) is 0 Å². The standard InChI is InChI=1S/C17H27N3O5S2/c1-5-19(6-2)27(24,25)16-12-14(10-9-13(16)3)18-17(21)15-8-7-11-20(15)26(4,22)23/h9-10,12,15H,5-8,11H2,1-4H3,(H,18,21). The first-order valence-electron chi connectivity index (χ1n) is 8.90. The molecule has 1 unspecified atom stereocenters. The Morgan fingerprint density at radius 2 is 1.85 bits per heavy atom. The highest BCUT2D eigenvalue weighted by molar-refractivity contribution is 7.89. The summed E-state index contributed by atoms with van der Waals surface area (Å²) in [5.41, 5.74) is 0.912. The molecule has 1 saturated heterocycles. The molecule has 8 nitrogen and oxygen atoms in total. The average Bonchev–Trinajstić information content (AvgIpc) is 3.07. The van der Waals surface area contributed by atoms with Crippen LogP contribution < -0.4 is 5.32 Å². The zero-order valence-electron chi connectivity index (χ0n) is 16.1. The first kappa shape index (κ1) is 21.8. The Morgan fingerprint density at radius 1 is 1.22 bits per heavy atom. The van der Waals surface area contributed by atoms with Gasteiger partial charge in [0.2, 0.25) is 26.0 Å². The van der Waals surface area contributed by atoms with Crippen LogP contribution in [0.4, 0.5) is 5.69 Å². The largest absolute Gasteiger partial charge is 0.325 e. The van der Waals surface area contributed by atoms with Crippen LogP contribution in [0.3, 0.4) is 0 Å². The van der Waals surface area contributed by atoms with E-state index in [2.05, 4.69) is 5.32 Å². The molecule has 0 aromatic heterocycles. The van der Waals surface area contributed by atoms with Crippen molar-refractivity contribution in [2.75, 3.05) is 31.2 Å². The summed E-state index contributed by atoms with van der Waals surface area (Å²) < 4.78 is 51.8. The number of sulfonamides is 2. The highest BCUT2D eigenvalue weighted by Crippen LogP contribution is 2.25. The second-order valence-corrected chi connectivity index (χ2v) is 10.4. The molecule has 0 radical (unpaired) electrons. The Balaban J connectivity index is 2.30. The van der Waals surface area contributed by atoms with Crippen LogP contribution >= 0.6 is 0 Å². The monoisotopic (exact) mass is 417 g/mol. The molecule has 152 valence electrons. The summed E-state index contributed by atoms with van der Waals surface area (Å²) in [6, 6.07) is 3.91. The maximum Gasteiger partial charge on any atom is 0.243 e. The second-order valence-electron chi connectivity index (χ2n) is 6.59. The molecule has 1 aliphatic heterocycles. The van der Waals surface area contributed by atoms with E-state index >= 15 is 0 Å². The molecule has 0 spiro atoms. The van der Waals surface area contributed by atoms with Crippen molar-refractivity contribution in [1.82, 2.24) is 8.61 Å². The molecular weight excluding hydrogens is 390 g/mol. The van der Waals surface area contributed by atoms with Crippen LogP contribution in [0.15, 0.2) is 23.1 Å². The van der Waals surface area contributed by atoms with Gasteiger partial charge in [-0.2, -0.15) is 8.61 Å². The number of carbonyl (C=O) groups excluding carboxylic acids is 1. The molecule has 27 heavy (non-hydrogen) atoms. The van der Waals surface area contributed by atoms with Crippen LogP contribution in [0.5, 0.6) is 0 Å². The van der Waals surface area contributed by atoms with Crippen molar-refractivity contribution in [3.05, 3.63) is 23.8 Å². The minimum Gasteiger partial charge on any atom is -0.325 e. The molecule has 0 aliphatic carbocycles. The van der Waals surface area contributed by atoms with Crippen molar-refractivity contribution in [2.45, 2.75) is 44.6 Å². The van der Waals surface area contributed by atoms with E-state index in [0.717, 1.165) is 6.26 Å². The molecule has 0 saturated carbocycles. The summed E-state index contributed by atoms with van der Waals surface area (Å²) in [7, 11) is -7.14. The van der Waals surface area contributed by atoms with Crippen molar-refractivity contribution in [1.29, 1.82) is 0 Å². The molecule has 1 aliphatic rings.